The highest BCUT2D eigenvalue weighted by Gasteiger charge is 2.13. The molecule has 0 radical (unpaired) electrons. The van der Waals surface area contributed by atoms with Gasteiger partial charge in [0.15, 0.2) is 0 Å². The summed E-state index contributed by atoms with van der Waals surface area (Å²) in [6.07, 6.45) is 0. The number of carboxylic acids is 1. The molecule has 0 aliphatic rings. The maximum absolute atomic E-state index is 11.0. The second kappa shape index (κ2) is 4.74. The number of hydrogen-bond acceptors (Lipinski definition) is 2. The molecule has 0 spiro atoms. The zero-order chi connectivity index (χ0) is 13.4. The van der Waals surface area contributed by atoms with Crippen molar-refractivity contribution < 1.29 is 9.90 Å². The largest absolute Gasteiger partial charge is 0.478 e. The predicted molar refractivity (Wildman–Crippen MR) is 72.7 cm³/mol. The van der Waals surface area contributed by atoms with E-state index in [4.69, 9.17) is 16.7 Å². The van der Waals surface area contributed by atoms with Gasteiger partial charge >= 0.3 is 5.97 Å². The summed E-state index contributed by atoms with van der Waals surface area (Å²) < 4.78 is 2.32. The summed E-state index contributed by atoms with van der Waals surface area (Å²) >= 11 is 9.37. The highest BCUT2D eigenvalue weighted by Crippen LogP contribution is 2.25. The van der Waals surface area contributed by atoms with Crippen LogP contribution in [0.2, 0.25) is 5.02 Å². The van der Waals surface area contributed by atoms with Gasteiger partial charge in [0.2, 0.25) is 0 Å². The van der Waals surface area contributed by atoms with Crippen LogP contribution >= 0.6 is 27.5 Å². The molecule has 1 N–H and O–H groups in total. The molecule has 1 aromatic heterocycles. The first-order valence-corrected chi connectivity index (χ1v) is 6.33. The van der Waals surface area contributed by atoms with Gasteiger partial charge in [-0.15, -0.1) is 0 Å². The summed E-state index contributed by atoms with van der Waals surface area (Å²) in [5.74, 6) is -0.981. The van der Waals surface area contributed by atoms with Crippen LogP contribution in [0.4, 0.5) is 0 Å². The van der Waals surface area contributed by atoms with Crippen LogP contribution in [0.15, 0.2) is 22.7 Å². The molecule has 0 bridgehead atoms. The smallest absolute Gasteiger partial charge is 0.335 e. The Morgan fingerprint density at radius 2 is 2.06 bits per heavy atom. The number of rotatable bonds is 2. The average Bonchev–Trinajstić information content (AvgIpc) is 2.56. The lowest BCUT2D eigenvalue weighted by Crippen LogP contribution is -2.03. The van der Waals surface area contributed by atoms with Crippen molar-refractivity contribution in [3.63, 3.8) is 0 Å². The zero-order valence-electron chi connectivity index (χ0n) is 9.74. The van der Waals surface area contributed by atoms with Gasteiger partial charge < -0.3 is 5.11 Å². The van der Waals surface area contributed by atoms with E-state index in [1.165, 1.54) is 0 Å². The topological polar surface area (TPSA) is 55.1 Å². The molecule has 0 saturated heterocycles. The van der Waals surface area contributed by atoms with Gasteiger partial charge in [-0.2, -0.15) is 5.10 Å². The first-order valence-electron chi connectivity index (χ1n) is 5.16. The van der Waals surface area contributed by atoms with Gasteiger partial charge in [-0.25, -0.2) is 9.48 Å². The summed E-state index contributed by atoms with van der Waals surface area (Å²) in [7, 11) is 0. The quantitative estimate of drug-likeness (QED) is 0.916. The van der Waals surface area contributed by atoms with Gasteiger partial charge in [0, 0.05) is 4.47 Å². The Labute approximate surface area is 117 Å². The molecule has 0 unspecified atom stereocenters. The number of nitrogens with zero attached hydrogens (tertiary/aromatic N) is 2. The van der Waals surface area contributed by atoms with Crippen LogP contribution in [-0.4, -0.2) is 20.9 Å². The number of halogens is 2. The molecule has 6 heteroatoms. The van der Waals surface area contributed by atoms with Crippen molar-refractivity contribution in [2.75, 3.05) is 0 Å². The first kappa shape index (κ1) is 13.1. The fourth-order valence-corrected chi connectivity index (χ4v) is 2.29. The Morgan fingerprint density at radius 1 is 1.39 bits per heavy atom. The van der Waals surface area contributed by atoms with Crippen molar-refractivity contribution in [3.05, 3.63) is 44.6 Å². The molecule has 0 aliphatic carbocycles. The normalized spacial score (nSPS) is 10.7. The Bertz CT molecular complexity index is 637. The summed E-state index contributed by atoms with van der Waals surface area (Å²) in [5, 5.41) is 13.9. The lowest BCUT2D eigenvalue weighted by molar-refractivity contribution is 0.0697. The van der Waals surface area contributed by atoms with Gasteiger partial charge in [0.05, 0.1) is 27.7 Å². The van der Waals surface area contributed by atoms with Crippen molar-refractivity contribution in [2.24, 2.45) is 0 Å². The Morgan fingerprint density at radius 3 is 2.56 bits per heavy atom. The fraction of sp³-hybridized carbons (Fsp3) is 0.167. The third kappa shape index (κ3) is 2.28. The van der Waals surface area contributed by atoms with Gasteiger partial charge in [-0.05, 0) is 32.0 Å². The maximum atomic E-state index is 11.0. The first-order chi connectivity index (χ1) is 8.40. The predicted octanol–water partition coefficient (Wildman–Crippen LogP) is 3.60. The molecule has 0 atom stereocenters. The lowest BCUT2D eigenvalue weighted by atomic mass is 10.2. The minimum Gasteiger partial charge on any atom is -0.478 e. The lowest BCUT2D eigenvalue weighted by Gasteiger charge is -2.06. The van der Waals surface area contributed by atoms with Crippen LogP contribution in [0, 0.1) is 13.8 Å². The number of aryl methyl sites for hydroxylation is 1. The average molecular weight is 330 g/mol. The van der Waals surface area contributed by atoms with E-state index in [1.54, 1.807) is 22.9 Å². The Balaban J connectivity index is 2.63. The molecule has 94 valence electrons. The minimum atomic E-state index is -0.981. The van der Waals surface area contributed by atoms with E-state index in [0.717, 1.165) is 5.69 Å². The summed E-state index contributed by atoms with van der Waals surface area (Å²) in [4.78, 5) is 11.0. The van der Waals surface area contributed by atoms with Gasteiger partial charge in [-0.1, -0.05) is 27.5 Å². The molecular weight excluding hydrogens is 320 g/mol. The van der Waals surface area contributed by atoms with Crippen molar-refractivity contribution in [3.8, 4) is 5.69 Å². The van der Waals surface area contributed by atoms with Crippen LogP contribution in [0.1, 0.15) is 21.7 Å². The highest BCUT2D eigenvalue weighted by atomic mass is 79.9. The van der Waals surface area contributed by atoms with Crippen molar-refractivity contribution in [1.82, 2.24) is 9.78 Å². The summed E-state index contributed by atoms with van der Waals surface area (Å²) in [5.41, 5.74) is 2.35. The van der Waals surface area contributed by atoms with Crippen molar-refractivity contribution in [2.45, 2.75) is 13.8 Å². The third-order valence-corrected chi connectivity index (χ3v) is 3.58. The Kier molecular flexibility index (Phi) is 3.45. The van der Waals surface area contributed by atoms with Gasteiger partial charge in [-0.3, -0.25) is 0 Å². The standard InChI is InChI=1S/C12H10BrClN2O2/c1-6-11(14)7(2)16(15-6)10-4-8(12(17)18)3-9(13)5-10/h3-5H,1-2H3,(H,17,18). The molecule has 18 heavy (non-hydrogen) atoms. The van der Waals surface area contributed by atoms with Crippen LogP contribution < -0.4 is 0 Å². The van der Waals surface area contributed by atoms with E-state index >= 15 is 0 Å². The summed E-state index contributed by atoms with van der Waals surface area (Å²) in [6.45, 7) is 3.64. The number of carboxylic acid groups (broad SMARTS) is 1. The SMILES string of the molecule is Cc1nn(-c2cc(Br)cc(C(=O)O)c2)c(C)c1Cl. The van der Waals surface area contributed by atoms with Crippen molar-refractivity contribution >= 4 is 33.5 Å². The number of aromatic carboxylic acids is 1. The molecule has 2 aromatic rings. The van der Waals surface area contributed by atoms with Crippen LogP contribution in [0.5, 0.6) is 0 Å². The van der Waals surface area contributed by atoms with Gasteiger partial charge in [0.1, 0.15) is 0 Å². The minimum absolute atomic E-state index is 0.197. The van der Waals surface area contributed by atoms with E-state index in [9.17, 15) is 4.79 Å². The van der Waals surface area contributed by atoms with Gasteiger partial charge in [0.25, 0.3) is 0 Å². The Hall–Kier alpha value is -1.33. The van der Waals surface area contributed by atoms with E-state index < -0.39 is 5.97 Å². The van der Waals surface area contributed by atoms with Crippen molar-refractivity contribution in [1.29, 1.82) is 0 Å². The molecule has 1 heterocycles. The number of carbonyl (C=O) groups is 1. The monoisotopic (exact) mass is 328 g/mol. The number of hydrogen-bond donors (Lipinski definition) is 1. The molecule has 0 saturated carbocycles. The zero-order valence-corrected chi connectivity index (χ0v) is 12.1. The van der Waals surface area contributed by atoms with Crippen LogP contribution in [0.25, 0.3) is 5.69 Å². The third-order valence-electron chi connectivity index (χ3n) is 2.58. The highest BCUT2D eigenvalue weighted by molar-refractivity contribution is 9.10. The van der Waals surface area contributed by atoms with E-state index in [-0.39, 0.29) is 5.56 Å². The van der Waals surface area contributed by atoms with Crippen LogP contribution in [-0.2, 0) is 0 Å². The molecular formula is C12H10BrClN2O2. The molecule has 4 nitrogen and oxygen atoms in total. The molecule has 2 rings (SSSR count). The molecule has 0 aliphatic heterocycles. The van der Waals surface area contributed by atoms with Crippen LogP contribution in [0.3, 0.4) is 0 Å². The second-order valence-electron chi connectivity index (χ2n) is 3.90. The molecule has 0 fully saturated rings. The van der Waals surface area contributed by atoms with E-state index in [2.05, 4.69) is 21.0 Å². The van der Waals surface area contributed by atoms with E-state index in [0.29, 0.717) is 20.9 Å². The van der Waals surface area contributed by atoms with E-state index in [1.807, 2.05) is 13.8 Å². The number of aromatic nitrogens is 2. The fourth-order valence-electron chi connectivity index (χ4n) is 1.69. The number of benzene rings is 1. The molecule has 0 amide bonds. The maximum Gasteiger partial charge on any atom is 0.335 e. The summed E-state index contributed by atoms with van der Waals surface area (Å²) in [6, 6.07) is 4.89. The second-order valence-corrected chi connectivity index (χ2v) is 5.19. The molecule has 1 aromatic carbocycles.